The molecule has 4 nitrogen and oxygen atoms in total. The van der Waals surface area contributed by atoms with Crippen LogP contribution in [0.3, 0.4) is 0 Å². The van der Waals surface area contributed by atoms with Gasteiger partial charge >= 0.3 is 0 Å². The summed E-state index contributed by atoms with van der Waals surface area (Å²) < 4.78 is 11.6. The summed E-state index contributed by atoms with van der Waals surface area (Å²) in [5.74, 6) is 1.31. The highest BCUT2D eigenvalue weighted by atomic mass is 16.5. The van der Waals surface area contributed by atoms with Gasteiger partial charge in [-0.15, -0.1) is 0 Å². The van der Waals surface area contributed by atoms with E-state index in [9.17, 15) is 0 Å². The highest BCUT2D eigenvalue weighted by Crippen LogP contribution is 2.19. The number of hydrogen-bond acceptors (Lipinski definition) is 4. The topological polar surface area (TPSA) is 66.0 Å². The Bertz CT molecular complexity index is 903. The number of nitrogens with zero attached hydrogens (tertiary/aromatic N) is 2. The van der Waals surface area contributed by atoms with Crippen molar-refractivity contribution in [2.45, 2.75) is 13.2 Å². The predicted octanol–water partition coefficient (Wildman–Crippen LogP) is 4.59. The second kappa shape index (κ2) is 8.37. The fraction of sp³-hybridized carbons (Fsp3) is 0.0909. The Hall–Kier alpha value is -3.76. The molecule has 0 spiro atoms. The monoisotopic (exact) mass is 340 g/mol. The fourth-order valence-electron chi connectivity index (χ4n) is 2.47. The van der Waals surface area contributed by atoms with Crippen LogP contribution in [0.15, 0.2) is 72.8 Å². The number of rotatable bonds is 6. The van der Waals surface area contributed by atoms with Crippen LogP contribution in [0.1, 0.15) is 22.3 Å². The molecular formula is C22H16N2O2. The zero-order chi connectivity index (χ0) is 18.2. The maximum Gasteiger partial charge on any atom is 0.121 e. The van der Waals surface area contributed by atoms with Crippen molar-refractivity contribution < 1.29 is 9.47 Å². The van der Waals surface area contributed by atoms with Crippen molar-refractivity contribution in [3.8, 4) is 23.6 Å². The Morgan fingerprint density at radius 1 is 0.615 bits per heavy atom. The first-order valence-corrected chi connectivity index (χ1v) is 8.11. The normalized spacial score (nSPS) is 9.77. The minimum absolute atomic E-state index is 0.382. The lowest BCUT2D eigenvalue weighted by atomic mass is 10.1. The quantitative estimate of drug-likeness (QED) is 0.658. The van der Waals surface area contributed by atoms with Gasteiger partial charge in [0.1, 0.15) is 24.7 Å². The molecular weight excluding hydrogens is 324 g/mol. The van der Waals surface area contributed by atoms with Gasteiger partial charge in [0.05, 0.1) is 23.3 Å². The molecule has 0 atom stereocenters. The average molecular weight is 340 g/mol. The Labute approximate surface area is 152 Å². The lowest BCUT2D eigenvalue weighted by Crippen LogP contribution is -2.03. The lowest BCUT2D eigenvalue weighted by Gasteiger charge is -2.12. The van der Waals surface area contributed by atoms with Gasteiger partial charge in [0.2, 0.25) is 0 Å². The van der Waals surface area contributed by atoms with Crippen molar-refractivity contribution in [2.24, 2.45) is 0 Å². The van der Waals surface area contributed by atoms with Crippen LogP contribution in [0.5, 0.6) is 11.5 Å². The molecule has 26 heavy (non-hydrogen) atoms. The first-order chi connectivity index (χ1) is 12.8. The summed E-state index contributed by atoms with van der Waals surface area (Å²) in [6.07, 6.45) is 0. The van der Waals surface area contributed by atoms with Gasteiger partial charge in [-0.25, -0.2) is 0 Å². The van der Waals surface area contributed by atoms with Gasteiger partial charge in [0.25, 0.3) is 0 Å². The van der Waals surface area contributed by atoms with E-state index in [1.807, 2.05) is 36.4 Å². The van der Waals surface area contributed by atoms with E-state index in [2.05, 4.69) is 12.1 Å². The van der Waals surface area contributed by atoms with Gasteiger partial charge in [-0.3, -0.25) is 0 Å². The van der Waals surface area contributed by atoms with Crippen LogP contribution in [0.4, 0.5) is 0 Å². The van der Waals surface area contributed by atoms with E-state index in [0.717, 1.165) is 11.1 Å². The van der Waals surface area contributed by atoms with E-state index in [-0.39, 0.29) is 0 Å². The van der Waals surface area contributed by atoms with Crippen LogP contribution in [-0.4, -0.2) is 0 Å². The van der Waals surface area contributed by atoms with Crippen molar-refractivity contribution in [3.63, 3.8) is 0 Å². The molecule has 0 saturated heterocycles. The van der Waals surface area contributed by atoms with Gasteiger partial charge in [0.15, 0.2) is 0 Å². The average Bonchev–Trinajstić information content (AvgIpc) is 2.71. The fourth-order valence-corrected chi connectivity index (χ4v) is 2.47. The molecule has 3 aromatic carbocycles. The molecule has 0 fully saturated rings. The number of ether oxygens (including phenoxy) is 2. The minimum atomic E-state index is 0.382. The number of hydrogen-bond donors (Lipinski definition) is 0. The summed E-state index contributed by atoms with van der Waals surface area (Å²) in [7, 11) is 0. The Balaban J connectivity index is 1.68. The van der Waals surface area contributed by atoms with Gasteiger partial charge in [-0.05, 0) is 47.5 Å². The second-order valence-corrected chi connectivity index (χ2v) is 5.63. The summed E-state index contributed by atoms with van der Waals surface area (Å²) in [4.78, 5) is 0. The Kier molecular flexibility index (Phi) is 5.50. The van der Waals surface area contributed by atoms with Crippen LogP contribution >= 0.6 is 0 Å². The van der Waals surface area contributed by atoms with E-state index in [0.29, 0.717) is 35.8 Å². The zero-order valence-electron chi connectivity index (χ0n) is 14.1. The van der Waals surface area contributed by atoms with Crippen LogP contribution in [0, 0.1) is 22.7 Å². The zero-order valence-corrected chi connectivity index (χ0v) is 14.1. The molecule has 0 bridgehead atoms. The van der Waals surface area contributed by atoms with Crippen molar-refractivity contribution >= 4 is 0 Å². The Morgan fingerprint density at radius 2 is 1.08 bits per heavy atom. The third kappa shape index (κ3) is 4.41. The van der Waals surface area contributed by atoms with Crippen molar-refractivity contribution in [2.75, 3.05) is 0 Å². The number of benzene rings is 3. The SMILES string of the molecule is N#Cc1cccc(OCc2ccccc2COc2cccc(C#N)c2)c1. The highest BCUT2D eigenvalue weighted by Gasteiger charge is 2.05. The van der Waals surface area contributed by atoms with E-state index in [1.165, 1.54) is 0 Å². The van der Waals surface area contributed by atoms with Crippen molar-refractivity contribution in [1.82, 2.24) is 0 Å². The van der Waals surface area contributed by atoms with Crippen LogP contribution < -0.4 is 9.47 Å². The van der Waals surface area contributed by atoms with Gasteiger partial charge in [-0.1, -0.05) is 36.4 Å². The van der Waals surface area contributed by atoms with Crippen molar-refractivity contribution in [3.05, 3.63) is 95.1 Å². The molecule has 0 aromatic heterocycles. The highest BCUT2D eigenvalue weighted by molar-refractivity contribution is 5.38. The first kappa shape index (κ1) is 17.1. The standard InChI is InChI=1S/C22H16N2O2/c23-13-17-5-3-9-21(11-17)25-15-19-7-1-2-8-20(19)16-26-22-10-4-6-18(12-22)14-24/h1-12H,15-16H2. The predicted molar refractivity (Wildman–Crippen MR) is 97.4 cm³/mol. The van der Waals surface area contributed by atoms with E-state index >= 15 is 0 Å². The molecule has 3 rings (SSSR count). The summed E-state index contributed by atoms with van der Waals surface area (Å²) in [6, 6.07) is 26.2. The smallest absolute Gasteiger partial charge is 0.121 e. The molecule has 126 valence electrons. The minimum Gasteiger partial charge on any atom is -0.489 e. The van der Waals surface area contributed by atoms with Crippen LogP contribution in [0.25, 0.3) is 0 Å². The van der Waals surface area contributed by atoms with Crippen LogP contribution in [0.2, 0.25) is 0 Å². The molecule has 0 amide bonds. The Morgan fingerprint density at radius 3 is 1.50 bits per heavy atom. The van der Waals surface area contributed by atoms with Crippen molar-refractivity contribution in [1.29, 1.82) is 10.5 Å². The molecule has 0 N–H and O–H groups in total. The number of nitriles is 2. The first-order valence-electron chi connectivity index (χ1n) is 8.11. The third-order valence-corrected chi connectivity index (χ3v) is 3.83. The van der Waals surface area contributed by atoms with Gasteiger partial charge in [-0.2, -0.15) is 10.5 Å². The second-order valence-electron chi connectivity index (χ2n) is 5.63. The molecule has 0 aliphatic carbocycles. The summed E-state index contributed by atoms with van der Waals surface area (Å²) >= 11 is 0. The molecule has 0 unspecified atom stereocenters. The van der Waals surface area contributed by atoms with E-state index in [1.54, 1.807) is 36.4 Å². The molecule has 0 heterocycles. The van der Waals surface area contributed by atoms with Gasteiger partial charge < -0.3 is 9.47 Å². The molecule has 0 radical (unpaired) electrons. The molecule has 0 saturated carbocycles. The largest absolute Gasteiger partial charge is 0.489 e. The molecule has 4 heteroatoms. The molecule has 0 aliphatic heterocycles. The summed E-state index contributed by atoms with van der Waals surface area (Å²) in [5, 5.41) is 17.9. The van der Waals surface area contributed by atoms with Gasteiger partial charge in [0, 0.05) is 0 Å². The maximum atomic E-state index is 8.96. The summed E-state index contributed by atoms with van der Waals surface area (Å²) in [5.41, 5.74) is 3.14. The maximum absolute atomic E-state index is 8.96. The van der Waals surface area contributed by atoms with E-state index in [4.69, 9.17) is 20.0 Å². The van der Waals surface area contributed by atoms with E-state index < -0.39 is 0 Å². The lowest BCUT2D eigenvalue weighted by molar-refractivity contribution is 0.285. The molecule has 3 aromatic rings. The third-order valence-electron chi connectivity index (χ3n) is 3.83. The van der Waals surface area contributed by atoms with Crippen LogP contribution in [-0.2, 0) is 13.2 Å². The molecule has 0 aliphatic rings. The summed E-state index contributed by atoms with van der Waals surface area (Å²) in [6.45, 7) is 0.763.